The third-order valence-corrected chi connectivity index (χ3v) is 5.46. The number of carbonyl (C=O) groups is 1. The van der Waals surface area contributed by atoms with Crippen LogP contribution < -0.4 is 14.8 Å². The number of carbonyl (C=O) groups excluding carboxylic acids is 1. The number of hydrogen-bond acceptors (Lipinski definition) is 6. The highest BCUT2D eigenvalue weighted by atomic mass is 32.2. The summed E-state index contributed by atoms with van der Waals surface area (Å²) in [6.45, 7) is 2.53. The third-order valence-electron chi connectivity index (χ3n) is 4.11. The molecule has 0 atom stereocenters. The molecule has 1 amide bonds. The van der Waals surface area contributed by atoms with Gasteiger partial charge in [0.1, 0.15) is 5.75 Å². The second-order valence-electron chi connectivity index (χ2n) is 6.33. The number of anilines is 2. The maximum atomic E-state index is 12.4. The molecular formula is C21H22N4O4S. The molecule has 8 nitrogen and oxygen atoms in total. The average Bonchev–Trinajstić information content (AvgIpc) is 2.74. The van der Waals surface area contributed by atoms with Gasteiger partial charge >= 0.3 is 0 Å². The molecule has 30 heavy (non-hydrogen) atoms. The predicted octanol–water partition coefficient (Wildman–Crippen LogP) is 3.25. The highest BCUT2D eigenvalue weighted by Gasteiger charge is 2.15. The zero-order valence-electron chi connectivity index (χ0n) is 16.4. The van der Waals surface area contributed by atoms with Gasteiger partial charge in [-0.25, -0.2) is 23.1 Å². The van der Waals surface area contributed by atoms with Crippen LogP contribution in [0.3, 0.4) is 0 Å². The quantitative estimate of drug-likeness (QED) is 0.543. The summed E-state index contributed by atoms with van der Waals surface area (Å²) in [4.78, 5) is 19.9. The van der Waals surface area contributed by atoms with E-state index in [1.54, 1.807) is 6.07 Å². The zero-order chi connectivity index (χ0) is 21.4. The topological polar surface area (TPSA) is 110 Å². The fourth-order valence-corrected chi connectivity index (χ4v) is 3.61. The Bertz CT molecular complexity index is 1070. The molecule has 0 radical (unpaired) electrons. The van der Waals surface area contributed by atoms with Crippen LogP contribution in [0.15, 0.2) is 71.9 Å². The Kier molecular flexibility index (Phi) is 6.97. The summed E-state index contributed by atoms with van der Waals surface area (Å²) >= 11 is 0. The van der Waals surface area contributed by atoms with Gasteiger partial charge < -0.3 is 10.1 Å². The van der Waals surface area contributed by atoms with Crippen LogP contribution in [0.4, 0.5) is 11.6 Å². The number of nitrogens with zero attached hydrogens (tertiary/aromatic N) is 2. The van der Waals surface area contributed by atoms with Crippen molar-refractivity contribution in [1.29, 1.82) is 0 Å². The van der Waals surface area contributed by atoms with Gasteiger partial charge in [0.25, 0.3) is 10.0 Å². The molecule has 0 spiro atoms. The summed E-state index contributed by atoms with van der Waals surface area (Å²) in [6, 6.07) is 15.1. The molecule has 2 aromatic carbocycles. The van der Waals surface area contributed by atoms with Crippen LogP contribution >= 0.6 is 0 Å². The van der Waals surface area contributed by atoms with E-state index in [4.69, 9.17) is 4.74 Å². The largest absolute Gasteiger partial charge is 0.494 e. The van der Waals surface area contributed by atoms with E-state index in [0.717, 1.165) is 11.3 Å². The van der Waals surface area contributed by atoms with Crippen molar-refractivity contribution in [2.75, 3.05) is 16.6 Å². The number of benzene rings is 2. The lowest BCUT2D eigenvalue weighted by Gasteiger charge is -2.09. The molecule has 0 aliphatic rings. The first kappa shape index (κ1) is 21.3. The fraction of sp³-hybridized carbons (Fsp3) is 0.190. The van der Waals surface area contributed by atoms with Crippen molar-refractivity contribution in [2.45, 2.75) is 24.7 Å². The summed E-state index contributed by atoms with van der Waals surface area (Å²) in [6.07, 6.45) is 3.78. The molecule has 1 heterocycles. The molecule has 3 aromatic rings. The van der Waals surface area contributed by atoms with E-state index in [0.29, 0.717) is 25.1 Å². The monoisotopic (exact) mass is 426 g/mol. The van der Waals surface area contributed by atoms with Gasteiger partial charge in [-0.3, -0.25) is 4.79 Å². The van der Waals surface area contributed by atoms with E-state index in [2.05, 4.69) is 20.0 Å². The van der Waals surface area contributed by atoms with Crippen molar-refractivity contribution in [3.63, 3.8) is 0 Å². The Balaban J connectivity index is 1.54. The molecule has 1 aromatic heterocycles. The van der Waals surface area contributed by atoms with Gasteiger partial charge in [0, 0.05) is 24.5 Å². The SMILES string of the molecule is CCOc1ccc(CCC(=O)Nc2ccc(S(=O)(=O)Nc3ncccn3)cc2)cc1. The summed E-state index contributed by atoms with van der Waals surface area (Å²) in [5, 5.41) is 2.77. The van der Waals surface area contributed by atoms with Crippen molar-refractivity contribution in [1.82, 2.24) is 9.97 Å². The summed E-state index contributed by atoms with van der Waals surface area (Å²) in [5.41, 5.74) is 1.55. The zero-order valence-corrected chi connectivity index (χ0v) is 17.2. The first-order valence-corrected chi connectivity index (χ1v) is 10.9. The maximum Gasteiger partial charge on any atom is 0.264 e. The lowest BCUT2D eigenvalue weighted by Crippen LogP contribution is -2.15. The minimum atomic E-state index is -3.81. The van der Waals surface area contributed by atoms with Gasteiger partial charge in [-0.05, 0) is 61.4 Å². The number of aromatic nitrogens is 2. The number of hydrogen-bond donors (Lipinski definition) is 2. The number of nitrogens with one attached hydrogen (secondary N) is 2. The van der Waals surface area contributed by atoms with Gasteiger partial charge in [0.15, 0.2) is 0 Å². The van der Waals surface area contributed by atoms with Crippen molar-refractivity contribution in [3.8, 4) is 5.75 Å². The van der Waals surface area contributed by atoms with Gasteiger partial charge in [-0.1, -0.05) is 12.1 Å². The van der Waals surface area contributed by atoms with Crippen molar-refractivity contribution in [3.05, 3.63) is 72.6 Å². The van der Waals surface area contributed by atoms with Crippen LogP contribution in [0, 0.1) is 0 Å². The van der Waals surface area contributed by atoms with Crippen LogP contribution in [0.25, 0.3) is 0 Å². The summed E-state index contributed by atoms with van der Waals surface area (Å²) in [7, 11) is -3.81. The molecule has 3 rings (SSSR count). The van der Waals surface area contributed by atoms with E-state index in [9.17, 15) is 13.2 Å². The Hall–Kier alpha value is -3.46. The van der Waals surface area contributed by atoms with Gasteiger partial charge in [-0.15, -0.1) is 0 Å². The molecule has 2 N–H and O–H groups in total. The molecule has 0 bridgehead atoms. The van der Waals surface area contributed by atoms with E-state index in [1.165, 1.54) is 36.7 Å². The van der Waals surface area contributed by atoms with Crippen LogP contribution in [0.1, 0.15) is 18.9 Å². The second kappa shape index (κ2) is 9.84. The molecule has 156 valence electrons. The number of rotatable bonds is 9. The van der Waals surface area contributed by atoms with Crippen molar-refractivity contribution >= 4 is 27.6 Å². The van der Waals surface area contributed by atoms with Crippen LogP contribution in [0.2, 0.25) is 0 Å². The lowest BCUT2D eigenvalue weighted by atomic mass is 10.1. The van der Waals surface area contributed by atoms with Gasteiger partial charge in [0.05, 0.1) is 11.5 Å². The molecule has 9 heteroatoms. The Morgan fingerprint density at radius 2 is 1.67 bits per heavy atom. The van der Waals surface area contributed by atoms with E-state index in [1.807, 2.05) is 31.2 Å². The van der Waals surface area contributed by atoms with Crippen molar-refractivity contribution in [2.24, 2.45) is 0 Å². The molecular weight excluding hydrogens is 404 g/mol. The number of amides is 1. The molecule has 0 saturated heterocycles. The number of ether oxygens (including phenoxy) is 1. The van der Waals surface area contributed by atoms with Gasteiger partial charge in [-0.2, -0.15) is 0 Å². The van der Waals surface area contributed by atoms with Crippen LogP contribution in [-0.4, -0.2) is 30.9 Å². The minimum Gasteiger partial charge on any atom is -0.494 e. The van der Waals surface area contributed by atoms with Gasteiger partial charge in [0.2, 0.25) is 11.9 Å². The van der Waals surface area contributed by atoms with Crippen molar-refractivity contribution < 1.29 is 17.9 Å². The number of aryl methyl sites for hydroxylation is 1. The Morgan fingerprint density at radius 1 is 1.00 bits per heavy atom. The molecule has 0 unspecified atom stereocenters. The fourth-order valence-electron chi connectivity index (χ4n) is 2.65. The maximum absolute atomic E-state index is 12.4. The lowest BCUT2D eigenvalue weighted by molar-refractivity contribution is -0.116. The molecule has 0 aliphatic heterocycles. The van der Waals surface area contributed by atoms with Crippen LogP contribution in [0.5, 0.6) is 5.75 Å². The first-order chi connectivity index (χ1) is 14.5. The van der Waals surface area contributed by atoms with Crippen LogP contribution in [-0.2, 0) is 21.2 Å². The normalized spacial score (nSPS) is 11.0. The minimum absolute atomic E-state index is 0.0100. The summed E-state index contributed by atoms with van der Waals surface area (Å²) < 4.78 is 32.4. The number of sulfonamides is 1. The summed E-state index contributed by atoms with van der Waals surface area (Å²) in [5.74, 6) is 0.633. The average molecular weight is 426 g/mol. The van der Waals surface area contributed by atoms with E-state index >= 15 is 0 Å². The highest BCUT2D eigenvalue weighted by Crippen LogP contribution is 2.17. The molecule has 0 aliphatic carbocycles. The second-order valence-corrected chi connectivity index (χ2v) is 8.01. The third kappa shape index (κ3) is 6.02. The van der Waals surface area contributed by atoms with E-state index < -0.39 is 10.0 Å². The van der Waals surface area contributed by atoms with E-state index in [-0.39, 0.29) is 16.8 Å². The highest BCUT2D eigenvalue weighted by molar-refractivity contribution is 7.92. The predicted molar refractivity (Wildman–Crippen MR) is 114 cm³/mol. The first-order valence-electron chi connectivity index (χ1n) is 9.38. The molecule has 0 saturated carbocycles. The Labute approximate surface area is 175 Å². The smallest absolute Gasteiger partial charge is 0.264 e. The Morgan fingerprint density at radius 3 is 2.30 bits per heavy atom. The molecule has 0 fully saturated rings. The standard InChI is InChI=1S/C21H22N4O4S/c1-2-29-18-9-4-16(5-10-18)6-13-20(26)24-17-7-11-19(12-8-17)30(27,28)25-21-22-14-3-15-23-21/h3-5,7-12,14-15H,2,6,13H2,1H3,(H,24,26)(H,22,23,25).